The number of phenolic OH excluding ortho intramolecular Hbond substituents is 1. The lowest BCUT2D eigenvalue weighted by Crippen LogP contribution is -2.21. The smallest absolute Gasteiger partial charge is 0.205 e. The number of ether oxygens (including phenoxy) is 1. The molecule has 0 unspecified atom stereocenters. The van der Waals surface area contributed by atoms with E-state index in [1.165, 1.54) is 11.6 Å². The van der Waals surface area contributed by atoms with Crippen molar-refractivity contribution in [3.63, 3.8) is 0 Å². The molecular formula is C19H18N2O2. The summed E-state index contributed by atoms with van der Waals surface area (Å²) in [5.74, 6) is 0.832. The molecule has 116 valence electrons. The van der Waals surface area contributed by atoms with Crippen LogP contribution >= 0.6 is 0 Å². The van der Waals surface area contributed by atoms with E-state index in [0.29, 0.717) is 17.2 Å². The molecule has 2 aromatic rings. The molecule has 0 saturated carbocycles. The standard InChI is InChI=1S/C19H18N2O2/c1-11(2)12-3-5-13(6-4-12)18-15-8-7-14(22)9-17(15)23-19(21)16(18)10-20/h3-9,11,18,22H,21H2,1-2H3/t18-/m1/s1. The van der Waals surface area contributed by atoms with Crippen LogP contribution in [0.1, 0.15) is 42.4 Å². The van der Waals surface area contributed by atoms with Crippen molar-refractivity contribution in [2.24, 2.45) is 5.73 Å². The highest BCUT2D eigenvalue weighted by atomic mass is 16.5. The maximum Gasteiger partial charge on any atom is 0.205 e. The van der Waals surface area contributed by atoms with E-state index in [-0.39, 0.29) is 17.6 Å². The zero-order valence-corrected chi connectivity index (χ0v) is 13.1. The summed E-state index contributed by atoms with van der Waals surface area (Å²) in [6, 6.07) is 15.2. The van der Waals surface area contributed by atoms with Gasteiger partial charge in [0.15, 0.2) is 0 Å². The number of rotatable bonds is 2. The van der Waals surface area contributed by atoms with E-state index in [1.807, 2.05) is 12.1 Å². The van der Waals surface area contributed by atoms with Gasteiger partial charge >= 0.3 is 0 Å². The fourth-order valence-corrected chi connectivity index (χ4v) is 2.86. The third kappa shape index (κ3) is 2.62. The molecule has 0 aliphatic carbocycles. The van der Waals surface area contributed by atoms with Gasteiger partial charge in [-0.05, 0) is 23.1 Å². The van der Waals surface area contributed by atoms with E-state index >= 15 is 0 Å². The van der Waals surface area contributed by atoms with Gasteiger partial charge in [-0.1, -0.05) is 44.2 Å². The van der Waals surface area contributed by atoms with Crippen LogP contribution in [0.25, 0.3) is 0 Å². The van der Waals surface area contributed by atoms with Crippen LogP contribution in [0.3, 0.4) is 0 Å². The van der Waals surface area contributed by atoms with Crippen LogP contribution in [0.2, 0.25) is 0 Å². The third-order valence-electron chi connectivity index (χ3n) is 4.14. The van der Waals surface area contributed by atoms with Crippen molar-refractivity contribution in [1.29, 1.82) is 5.26 Å². The predicted molar refractivity (Wildman–Crippen MR) is 87.9 cm³/mol. The summed E-state index contributed by atoms with van der Waals surface area (Å²) in [7, 11) is 0. The second-order valence-electron chi connectivity index (χ2n) is 5.97. The SMILES string of the molecule is CC(C)c1ccc([C@H]2C(C#N)=C(N)Oc3cc(O)ccc32)cc1. The first-order valence-electron chi connectivity index (χ1n) is 7.51. The van der Waals surface area contributed by atoms with E-state index in [4.69, 9.17) is 10.5 Å². The number of hydrogen-bond acceptors (Lipinski definition) is 4. The number of nitriles is 1. The maximum absolute atomic E-state index is 9.65. The van der Waals surface area contributed by atoms with Gasteiger partial charge in [-0.15, -0.1) is 0 Å². The Balaban J connectivity index is 2.14. The normalized spacial score (nSPS) is 16.7. The van der Waals surface area contributed by atoms with E-state index in [0.717, 1.165) is 11.1 Å². The summed E-state index contributed by atoms with van der Waals surface area (Å²) in [6.45, 7) is 4.28. The molecule has 0 aromatic heterocycles. The Labute approximate surface area is 135 Å². The highest BCUT2D eigenvalue weighted by Crippen LogP contribution is 2.43. The first-order chi connectivity index (χ1) is 11.0. The molecule has 23 heavy (non-hydrogen) atoms. The summed E-state index contributed by atoms with van der Waals surface area (Å²) in [5.41, 5.74) is 9.34. The zero-order valence-electron chi connectivity index (χ0n) is 13.1. The highest BCUT2D eigenvalue weighted by Gasteiger charge is 2.30. The Kier molecular flexibility index (Phi) is 3.71. The Morgan fingerprint density at radius 1 is 1.17 bits per heavy atom. The van der Waals surface area contributed by atoms with Gasteiger partial charge in [0.25, 0.3) is 0 Å². The van der Waals surface area contributed by atoms with Crippen molar-refractivity contribution in [3.8, 4) is 17.6 Å². The molecule has 4 heteroatoms. The Hall–Kier alpha value is -2.93. The van der Waals surface area contributed by atoms with E-state index in [2.05, 4.69) is 32.0 Å². The van der Waals surface area contributed by atoms with Gasteiger partial charge in [0.05, 0.1) is 5.92 Å². The lowest BCUT2D eigenvalue weighted by atomic mass is 9.83. The molecule has 0 radical (unpaired) electrons. The fourth-order valence-electron chi connectivity index (χ4n) is 2.86. The molecule has 2 aromatic carbocycles. The minimum absolute atomic E-state index is 0.0866. The van der Waals surface area contributed by atoms with Gasteiger partial charge in [-0.3, -0.25) is 0 Å². The molecule has 0 saturated heterocycles. The summed E-state index contributed by atoms with van der Waals surface area (Å²) in [6.07, 6.45) is 0. The molecule has 1 aliphatic rings. The molecule has 1 aliphatic heterocycles. The Bertz CT molecular complexity index is 814. The van der Waals surface area contributed by atoms with Crippen molar-refractivity contribution in [1.82, 2.24) is 0 Å². The summed E-state index contributed by atoms with van der Waals surface area (Å²) < 4.78 is 5.50. The maximum atomic E-state index is 9.65. The lowest BCUT2D eigenvalue weighted by molar-refractivity contribution is 0.388. The second kappa shape index (κ2) is 5.69. The third-order valence-corrected chi connectivity index (χ3v) is 4.14. The summed E-state index contributed by atoms with van der Waals surface area (Å²) in [5, 5.41) is 19.1. The molecule has 3 rings (SSSR count). The number of benzene rings is 2. The number of allylic oxidation sites excluding steroid dienone is 1. The molecule has 3 N–H and O–H groups in total. The van der Waals surface area contributed by atoms with Gasteiger partial charge < -0.3 is 15.6 Å². The van der Waals surface area contributed by atoms with Crippen LogP contribution in [0.4, 0.5) is 0 Å². The van der Waals surface area contributed by atoms with Crippen LogP contribution in [-0.4, -0.2) is 5.11 Å². The van der Waals surface area contributed by atoms with Crippen molar-refractivity contribution < 1.29 is 9.84 Å². The summed E-state index contributed by atoms with van der Waals surface area (Å²) >= 11 is 0. The average Bonchev–Trinajstić information content (AvgIpc) is 2.53. The number of aromatic hydroxyl groups is 1. The number of phenols is 1. The van der Waals surface area contributed by atoms with Gasteiger partial charge in [-0.2, -0.15) is 5.26 Å². The van der Waals surface area contributed by atoms with Crippen LogP contribution < -0.4 is 10.5 Å². The predicted octanol–water partition coefficient (Wildman–Crippen LogP) is 3.73. The summed E-state index contributed by atoms with van der Waals surface area (Å²) in [4.78, 5) is 0. The highest BCUT2D eigenvalue weighted by molar-refractivity contribution is 5.57. The van der Waals surface area contributed by atoms with Crippen molar-refractivity contribution in [2.45, 2.75) is 25.7 Å². The van der Waals surface area contributed by atoms with Crippen LogP contribution in [0.5, 0.6) is 11.5 Å². The average molecular weight is 306 g/mol. The Morgan fingerprint density at radius 2 is 1.87 bits per heavy atom. The largest absolute Gasteiger partial charge is 0.508 e. The van der Waals surface area contributed by atoms with E-state index in [9.17, 15) is 10.4 Å². The lowest BCUT2D eigenvalue weighted by Gasteiger charge is -2.26. The molecule has 1 atom stereocenters. The van der Waals surface area contributed by atoms with Gasteiger partial charge in [0, 0.05) is 11.6 Å². The minimum atomic E-state index is -0.287. The fraction of sp³-hybridized carbons (Fsp3) is 0.211. The van der Waals surface area contributed by atoms with Crippen LogP contribution in [0.15, 0.2) is 53.9 Å². The molecule has 0 bridgehead atoms. The minimum Gasteiger partial charge on any atom is -0.508 e. The Morgan fingerprint density at radius 3 is 2.48 bits per heavy atom. The monoisotopic (exact) mass is 306 g/mol. The van der Waals surface area contributed by atoms with Gasteiger partial charge in [0.1, 0.15) is 23.1 Å². The topological polar surface area (TPSA) is 79.3 Å². The van der Waals surface area contributed by atoms with E-state index in [1.54, 1.807) is 12.1 Å². The number of nitrogens with zero attached hydrogens (tertiary/aromatic N) is 1. The first-order valence-corrected chi connectivity index (χ1v) is 7.51. The quantitative estimate of drug-likeness (QED) is 0.886. The molecule has 0 fully saturated rings. The van der Waals surface area contributed by atoms with Crippen molar-refractivity contribution in [2.75, 3.05) is 0 Å². The first kappa shape index (κ1) is 15.0. The molecular weight excluding hydrogens is 288 g/mol. The van der Waals surface area contributed by atoms with E-state index < -0.39 is 0 Å². The number of hydrogen-bond donors (Lipinski definition) is 2. The molecule has 1 heterocycles. The van der Waals surface area contributed by atoms with Gasteiger partial charge in [-0.25, -0.2) is 0 Å². The van der Waals surface area contributed by atoms with Crippen molar-refractivity contribution in [3.05, 3.63) is 70.6 Å². The molecule has 0 spiro atoms. The van der Waals surface area contributed by atoms with Gasteiger partial charge in [0.2, 0.25) is 5.88 Å². The van der Waals surface area contributed by atoms with Crippen molar-refractivity contribution >= 4 is 0 Å². The van der Waals surface area contributed by atoms with Crippen LogP contribution in [-0.2, 0) is 0 Å². The number of nitrogens with two attached hydrogens (primary N) is 1. The van der Waals surface area contributed by atoms with Crippen LogP contribution in [0, 0.1) is 11.3 Å². The number of fused-ring (bicyclic) bond motifs is 1. The molecule has 0 amide bonds. The second-order valence-corrected chi connectivity index (χ2v) is 5.97. The zero-order chi connectivity index (χ0) is 16.6. The molecule has 4 nitrogen and oxygen atoms in total.